The van der Waals surface area contributed by atoms with Gasteiger partial charge in [0.2, 0.25) is 0 Å². The van der Waals surface area contributed by atoms with Gasteiger partial charge in [-0.3, -0.25) is 0 Å². The maximum atomic E-state index is 13.0. The molecule has 2 aliphatic heterocycles. The number of methoxy groups -OCH3 is 1. The molecule has 0 saturated heterocycles. The molecular formula is C29H22N4O5S4. The summed E-state index contributed by atoms with van der Waals surface area (Å²) >= 11 is 4.62. The van der Waals surface area contributed by atoms with Crippen molar-refractivity contribution in [3.8, 4) is 47.3 Å². The predicted molar refractivity (Wildman–Crippen MR) is 160 cm³/mol. The van der Waals surface area contributed by atoms with Gasteiger partial charge in [0.15, 0.2) is 5.75 Å². The van der Waals surface area contributed by atoms with Crippen LogP contribution in [-0.2, 0) is 0 Å². The smallest absolute Gasteiger partial charge is 0.497 e. The molecule has 0 amide bonds. The molecule has 2 heterocycles. The summed E-state index contributed by atoms with van der Waals surface area (Å²) in [5.41, 5.74) is -0.151. The molecule has 1 atom stereocenters. The molecule has 0 fully saturated rings. The Morgan fingerprint density at radius 3 is 1.67 bits per heavy atom. The van der Waals surface area contributed by atoms with Crippen molar-refractivity contribution >= 4 is 53.2 Å². The molecule has 4 rings (SSSR count). The first kappa shape index (κ1) is 31.1. The van der Waals surface area contributed by atoms with E-state index in [-0.39, 0.29) is 22.6 Å². The van der Waals surface area contributed by atoms with E-state index in [2.05, 4.69) is 13.8 Å². The fraction of sp³-hybridized carbons (Fsp3) is 0.276. The Labute approximate surface area is 260 Å². The van der Waals surface area contributed by atoms with Crippen LogP contribution >= 0.6 is 47.0 Å². The summed E-state index contributed by atoms with van der Waals surface area (Å²) in [6.45, 7) is 4.63. The largest absolute Gasteiger partial charge is 0.519 e. The van der Waals surface area contributed by atoms with Gasteiger partial charge in [0, 0.05) is 0 Å². The third kappa shape index (κ3) is 6.62. The lowest BCUT2D eigenvalue weighted by atomic mass is 10.0. The average molecular weight is 635 g/mol. The first-order valence-corrected chi connectivity index (χ1v) is 15.9. The number of hydrogen-bond donors (Lipinski definition) is 0. The number of benzene rings is 2. The van der Waals surface area contributed by atoms with Crippen LogP contribution in [-0.4, -0.2) is 19.9 Å². The zero-order valence-corrected chi connectivity index (χ0v) is 25.9. The average Bonchev–Trinajstić information content (AvgIpc) is 3.63. The number of nitrogens with zero attached hydrogens (tertiary/aromatic N) is 4. The van der Waals surface area contributed by atoms with Gasteiger partial charge < -0.3 is 18.9 Å². The van der Waals surface area contributed by atoms with Gasteiger partial charge in [0.05, 0.1) is 41.8 Å². The number of fused-ring (bicyclic) bond motifs is 2. The molecule has 0 spiro atoms. The van der Waals surface area contributed by atoms with Crippen LogP contribution in [0, 0.1) is 51.2 Å². The van der Waals surface area contributed by atoms with Crippen molar-refractivity contribution in [1.29, 1.82) is 21.0 Å². The maximum absolute atomic E-state index is 13.0. The van der Waals surface area contributed by atoms with Crippen LogP contribution in [0.15, 0.2) is 63.5 Å². The van der Waals surface area contributed by atoms with E-state index in [0.717, 1.165) is 42.8 Å². The number of rotatable bonds is 9. The standard InChI is InChI=1S/C29H22N4O5S4/c1-4-6-16(5-2)15-36-21-23-25(41-27(39-23)17(11-30)12-31)22(26-24(21)40-28(42-26)18(13-32)14-33)38-29(34)37-20-9-7-19(35-3)8-10-20/h7-10,16H,4-6,15H2,1-3H3. The second-order valence-corrected chi connectivity index (χ2v) is 13.3. The first-order valence-electron chi connectivity index (χ1n) is 12.6. The van der Waals surface area contributed by atoms with Crippen LogP contribution in [0.5, 0.6) is 23.0 Å². The SMILES string of the molecule is CCCC(CC)COc1c2c(c(OC(=O)Oc3ccc(OC)cc3)c3c1SC(=C(C#N)C#N)S3)SC(=C(C#N)C#N)S2. The van der Waals surface area contributed by atoms with Crippen molar-refractivity contribution in [2.24, 2.45) is 5.92 Å². The van der Waals surface area contributed by atoms with Crippen LogP contribution in [0.3, 0.4) is 0 Å². The van der Waals surface area contributed by atoms with Crippen molar-refractivity contribution in [2.75, 3.05) is 13.7 Å². The van der Waals surface area contributed by atoms with Crippen molar-refractivity contribution in [3.05, 3.63) is 43.9 Å². The highest BCUT2D eigenvalue weighted by Gasteiger charge is 2.39. The molecule has 2 aromatic rings. The fourth-order valence-electron chi connectivity index (χ4n) is 3.92. The summed E-state index contributed by atoms with van der Waals surface area (Å²) in [6.07, 6.45) is 1.87. The first-order chi connectivity index (χ1) is 20.4. The van der Waals surface area contributed by atoms with Crippen LogP contribution in [0.2, 0.25) is 0 Å². The highest BCUT2D eigenvalue weighted by atomic mass is 32.2. The molecule has 42 heavy (non-hydrogen) atoms. The number of carbonyl (C=O) groups is 1. The number of allylic oxidation sites excluding steroid dienone is 2. The van der Waals surface area contributed by atoms with E-state index in [9.17, 15) is 25.8 Å². The van der Waals surface area contributed by atoms with E-state index in [0.29, 0.717) is 52.1 Å². The lowest BCUT2D eigenvalue weighted by molar-refractivity contribution is 0.148. The summed E-state index contributed by atoms with van der Waals surface area (Å²) in [7, 11) is 1.52. The summed E-state index contributed by atoms with van der Waals surface area (Å²) in [4.78, 5) is 15.2. The Bertz CT molecular complexity index is 1530. The lowest BCUT2D eigenvalue weighted by Crippen LogP contribution is -2.15. The molecule has 2 aliphatic rings. The summed E-state index contributed by atoms with van der Waals surface area (Å²) in [6, 6.07) is 14.1. The van der Waals surface area contributed by atoms with Gasteiger partial charge in [-0.1, -0.05) is 73.7 Å². The maximum Gasteiger partial charge on any atom is 0.519 e. The third-order valence-corrected chi connectivity index (χ3v) is 11.2. The molecule has 0 N–H and O–H groups in total. The molecular weight excluding hydrogens is 613 g/mol. The molecule has 0 radical (unpaired) electrons. The third-order valence-electron chi connectivity index (χ3n) is 6.06. The Kier molecular flexibility index (Phi) is 10.6. The minimum atomic E-state index is -1.01. The topological polar surface area (TPSA) is 149 Å². The minimum Gasteiger partial charge on any atom is -0.497 e. The Balaban J connectivity index is 1.83. The van der Waals surface area contributed by atoms with Crippen molar-refractivity contribution < 1.29 is 23.7 Å². The number of hydrogen-bond acceptors (Lipinski definition) is 13. The van der Waals surface area contributed by atoms with Crippen molar-refractivity contribution in [2.45, 2.75) is 52.7 Å². The quantitative estimate of drug-likeness (QED) is 0.148. The summed E-state index contributed by atoms with van der Waals surface area (Å²) < 4.78 is 23.6. The minimum absolute atomic E-state index is 0.0753. The van der Waals surface area contributed by atoms with Gasteiger partial charge in [0.25, 0.3) is 0 Å². The van der Waals surface area contributed by atoms with E-state index < -0.39 is 6.16 Å². The molecule has 13 heteroatoms. The van der Waals surface area contributed by atoms with Crippen LogP contribution in [0.25, 0.3) is 0 Å². The summed E-state index contributed by atoms with van der Waals surface area (Å²) in [5, 5.41) is 38.2. The predicted octanol–water partition coefficient (Wildman–Crippen LogP) is 8.39. The van der Waals surface area contributed by atoms with Gasteiger partial charge in [-0.25, -0.2) is 4.79 Å². The Hall–Kier alpha value is -3.85. The van der Waals surface area contributed by atoms with Crippen molar-refractivity contribution in [1.82, 2.24) is 0 Å². The van der Waals surface area contributed by atoms with Gasteiger partial charge in [-0.2, -0.15) is 21.0 Å². The summed E-state index contributed by atoms with van der Waals surface area (Å²) in [5.74, 6) is 1.74. The number of ether oxygens (including phenoxy) is 4. The monoisotopic (exact) mass is 634 g/mol. The number of carbonyl (C=O) groups excluding carboxylic acids is 1. The molecule has 0 saturated carbocycles. The van der Waals surface area contributed by atoms with Crippen molar-refractivity contribution in [3.63, 3.8) is 0 Å². The number of thioether (sulfide) groups is 4. The fourth-order valence-corrected chi connectivity index (χ4v) is 9.12. The van der Waals surface area contributed by atoms with Gasteiger partial charge in [0.1, 0.15) is 52.7 Å². The second-order valence-electron chi connectivity index (χ2n) is 8.66. The van der Waals surface area contributed by atoms with E-state index >= 15 is 0 Å². The Morgan fingerprint density at radius 1 is 0.762 bits per heavy atom. The normalized spacial score (nSPS) is 13.4. The van der Waals surface area contributed by atoms with Crippen LogP contribution < -0.4 is 18.9 Å². The van der Waals surface area contributed by atoms with E-state index in [4.69, 9.17) is 18.9 Å². The van der Waals surface area contributed by atoms with Gasteiger partial charge in [-0.15, -0.1) is 0 Å². The van der Waals surface area contributed by atoms with Gasteiger partial charge >= 0.3 is 6.16 Å². The number of nitriles is 4. The molecule has 9 nitrogen and oxygen atoms in total. The zero-order chi connectivity index (χ0) is 30.2. The Morgan fingerprint density at radius 2 is 1.24 bits per heavy atom. The molecule has 2 aromatic carbocycles. The molecule has 0 aliphatic carbocycles. The molecule has 212 valence electrons. The van der Waals surface area contributed by atoms with Crippen LogP contribution in [0.4, 0.5) is 4.79 Å². The van der Waals surface area contributed by atoms with E-state index in [1.165, 1.54) is 30.6 Å². The molecule has 0 bridgehead atoms. The molecule has 0 aromatic heterocycles. The highest BCUT2D eigenvalue weighted by molar-refractivity contribution is 8.26. The second kappa shape index (κ2) is 14.4. The van der Waals surface area contributed by atoms with E-state index in [1.807, 2.05) is 24.3 Å². The highest BCUT2D eigenvalue weighted by Crippen LogP contribution is 2.68. The van der Waals surface area contributed by atoms with E-state index in [1.54, 1.807) is 24.3 Å². The molecule has 1 unspecified atom stereocenters. The van der Waals surface area contributed by atoms with Crippen LogP contribution in [0.1, 0.15) is 33.1 Å². The lowest BCUT2D eigenvalue weighted by Gasteiger charge is -2.20. The van der Waals surface area contributed by atoms with Gasteiger partial charge in [-0.05, 0) is 36.6 Å². The zero-order valence-electron chi connectivity index (χ0n) is 22.7.